The second kappa shape index (κ2) is 12.7. The number of hydrogen-bond acceptors (Lipinski definition) is 6. The first-order valence-corrected chi connectivity index (χ1v) is 13.6. The lowest BCUT2D eigenvalue weighted by atomic mass is 10.0. The van der Waals surface area contributed by atoms with E-state index in [1.807, 2.05) is 48.5 Å². The Labute approximate surface area is 222 Å². The van der Waals surface area contributed by atoms with Gasteiger partial charge in [-0.25, -0.2) is 0 Å². The lowest BCUT2D eigenvalue weighted by Crippen LogP contribution is -2.20. The van der Waals surface area contributed by atoms with Crippen LogP contribution in [0.2, 0.25) is 0 Å². The molecule has 6 nitrogen and oxygen atoms in total. The summed E-state index contributed by atoms with van der Waals surface area (Å²) in [4.78, 5) is 23.2. The Morgan fingerprint density at radius 3 is 2.19 bits per heavy atom. The van der Waals surface area contributed by atoms with Gasteiger partial charge in [0.2, 0.25) is 5.91 Å². The van der Waals surface area contributed by atoms with E-state index in [-0.39, 0.29) is 11.1 Å². The quantitative estimate of drug-likeness (QED) is 0.251. The number of ether oxygens (including phenoxy) is 3. The van der Waals surface area contributed by atoms with Crippen molar-refractivity contribution in [2.24, 2.45) is 0 Å². The highest BCUT2D eigenvalue weighted by atomic mass is 32.2. The fraction of sp³-hybridized carbons (Fsp3) is 0.333. The van der Waals surface area contributed by atoms with Crippen LogP contribution in [0.3, 0.4) is 0 Å². The van der Waals surface area contributed by atoms with Crippen molar-refractivity contribution in [3.05, 3.63) is 83.4 Å². The van der Waals surface area contributed by atoms with E-state index in [1.165, 1.54) is 5.56 Å². The first kappa shape index (κ1) is 26.6. The number of aryl methyl sites for hydroxylation is 1. The first-order valence-electron chi connectivity index (χ1n) is 12.7. The summed E-state index contributed by atoms with van der Waals surface area (Å²) in [5.74, 6) is 3.43. The Balaban J connectivity index is 1.25. The van der Waals surface area contributed by atoms with Gasteiger partial charge >= 0.3 is 0 Å². The number of benzene rings is 3. The van der Waals surface area contributed by atoms with Gasteiger partial charge in [0.15, 0.2) is 0 Å². The van der Waals surface area contributed by atoms with Gasteiger partial charge in [0.05, 0.1) is 13.2 Å². The van der Waals surface area contributed by atoms with Crippen LogP contribution >= 0.6 is 11.8 Å². The highest BCUT2D eigenvalue weighted by Crippen LogP contribution is 2.35. The summed E-state index contributed by atoms with van der Waals surface area (Å²) in [5.41, 5.74) is 3.20. The van der Waals surface area contributed by atoms with Crippen LogP contribution in [0.4, 0.5) is 4.79 Å². The molecule has 1 N–H and O–H groups in total. The zero-order valence-electron chi connectivity index (χ0n) is 21.5. The Kier molecular flexibility index (Phi) is 9.12. The van der Waals surface area contributed by atoms with Gasteiger partial charge in [-0.2, -0.15) is 0 Å². The fourth-order valence-corrected chi connectivity index (χ4v) is 4.86. The second-order valence-electron chi connectivity index (χ2n) is 9.24. The third-order valence-corrected chi connectivity index (χ3v) is 7.06. The van der Waals surface area contributed by atoms with Gasteiger partial charge in [-0.1, -0.05) is 51.5 Å². The molecule has 1 atom stereocenters. The first-order chi connectivity index (χ1) is 17.9. The average Bonchev–Trinajstić information content (AvgIpc) is 3.23. The topological polar surface area (TPSA) is 73.9 Å². The van der Waals surface area contributed by atoms with Crippen LogP contribution in [-0.4, -0.2) is 24.4 Å². The Bertz CT molecular complexity index is 1210. The van der Waals surface area contributed by atoms with Crippen LogP contribution in [0.5, 0.6) is 23.0 Å². The van der Waals surface area contributed by atoms with Crippen LogP contribution in [0, 0.1) is 0 Å². The molecule has 1 unspecified atom stereocenters. The summed E-state index contributed by atoms with van der Waals surface area (Å²) < 4.78 is 18.0. The summed E-state index contributed by atoms with van der Waals surface area (Å²) in [6.45, 7) is 7.55. The van der Waals surface area contributed by atoms with Crippen molar-refractivity contribution in [3.63, 3.8) is 0 Å². The summed E-state index contributed by atoms with van der Waals surface area (Å²) >= 11 is 0.997. The van der Waals surface area contributed by atoms with Crippen LogP contribution in [-0.2, 0) is 11.2 Å². The SMILES string of the molecule is CCCc1cc(Oc2ccc(C(C)C)cc2)ccc1OCCCOc1ccc(C2SC(=O)NC2=O)cc1. The number of carbonyl (C=O) groups excluding carboxylic acids is 2. The molecular formula is C30H33NO5S. The third-order valence-electron chi connectivity index (χ3n) is 6.02. The van der Waals surface area contributed by atoms with E-state index in [0.717, 1.165) is 59.4 Å². The standard InChI is InChI=1S/C30H33NO5S/c1-4-6-23-19-26(36-25-13-7-21(8-14-25)20(2)3)15-16-27(23)35-18-5-17-34-24-11-9-22(10-12-24)28-29(32)31-30(33)37-28/h7-16,19-20,28H,4-6,17-18H2,1-3H3,(H,31,32,33). The van der Waals surface area contributed by atoms with E-state index in [1.54, 1.807) is 0 Å². The molecule has 0 saturated carbocycles. The smallest absolute Gasteiger partial charge is 0.286 e. The minimum atomic E-state index is -0.491. The molecule has 2 amide bonds. The fourth-order valence-electron chi connectivity index (χ4n) is 4.03. The maximum absolute atomic E-state index is 11.8. The van der Waals surface area contributed by atoms with Crippen molar-refractivity contribution in [2.75, 3.05) is 13.2 Å². The highest BCUT2D eigenvalue weighted by Gasteiger charge is 2.32. The summed E-state index contributed by atoms with van der Waals surface area (Å²) in [6, 6.07) is 21.5. The number of rotatable bonds is 12. The molecule has 0 radical (unpaired) electrons. The minimum Gasteiger partial charge on any atom is -0.493 e. The number of thioether (sulfide) groups is 1. The largest absolute Gasteiger partial charge is 0.493 e. The summed E-state index contributed by atoms with van der Waals surface area (Å²) in [5, 5.41) is 1.50. The molecule has 37 heavy (non-hydrogen) atoms. The number of nitrogens with one attached hydrogen (secondary N) is 1. The van der Waals surface area contributed by atoms with Gasteiger partial charge in [0.1, 0.15) is 28.2 Å². The summed E-state index contributed by atoms with van der Waals surface area (Å²) in [6.07, 6.45) is 2.64. The molecule has 1 aliphatic rings. The Morgan fingerprint density at radius 2 is 1.54 bits per heavy atom. The van der Waals surface area contributed by atoms with Crippen molar-refractivity contribution >= 4 is 22.9 Å². The monoisotopic (exact) mass is 519 g/mol. The van der Waals surface area contributed by atoms with Gasteiger partial charge in [-0.3, -0.25) is 14.9 Å². The minimum absolute atomic E-state index is 0.275. The van der Waals surface area contributed by atoms with E-state index >= 15 is 0 Å². The molecule has 0 aliphatic carbocycles. The van der Waals surface area contributed by atoms with Crippen molar-refractivity contribution in [1.82, 2.24) is 5.32 Å². The normalized spacial score (nSPS) is 15.1. The van der Waals surface area contributed by atoms with Crippen LogP contribution in [0.15, 0.2) is 66.7 Å². The number of imide groups is 1. The van der Waals surface area contributed by atoms with Gasteiger partial charge in [-0.15, -0.1) is 0 Å². The molecule has 1 heterocycles. The zero-order chi connectivity index (χ0) is 26.2. The maximum atomic E-state index is 11.8. The highest BCUT2D eigenvalue weighted by molar-refractivity contribution is 8.15. The van der Waals surface area contributed by atoms with E-state index in [4.69, 9.17) is 14.2 Å². The average molecular weight is 520 g/mol. The number of hydrogen-bond donors (Lipinski definition) is 1. The summed E-state index contributed by atoms with van der Waals surface area (Å²) in [7, 11) is 0. The van der Waals surface area contributed by atoms with E-state index in [2.05, 4.69) is 44.3 Å². The van der Waals surface area contributed by atoms with Crippen molar-refractivity contribution < 1.29 is 23.8 Å². The van der Waals surface area contributed by atoms with E-state index < -0.39 is 5.25 Å². The van der Waals surface area contributed by atoms with Crippen molar-refractivity contribution in [1.29, 1.82) is 0 Å². The molecule has 7 heteroatoms. The number of amides is 2. The van der Waals surface area contributed by atoms with E-state index in [0.29, 0.717) is 24.9 Å². The Hall–Kier alpha value is -3.45. The molecular weight excluding hydrogens is 486 g/mol. The Morgan fingerprint density at radius 1 is 0.865 bits per heavy atom. The zero-order valence-corrected chi connectivity index (χ0v) is 22.3. The molecule has 3 aromatic carbocycles. The van der Waals surface area contributed by atoms with Gasteiger partial charge in [0, 0.05) is 6.42 Å². The molecule has 3 aromatic rings. The molecule has 4 rings (SSSR count). The van der Waals surface area contributed by atoms with Gasteiger partial charge < -0.3 is 14.2 Å². The molecule has 1 aliphatic heterocycles. The predicted molar refractivity (Wildman–Crippen MR) is 147 cm³/mol. The molecule has 0 bridgehead atoms. The molecule has 194 valence electrons. The number of carbonyl (C=O) groups is 2. The van der Waals surface area contributed by atoms with Gasteiger partial charge in [0.25, 0.3) is 5.24 Å². The molecule has 0 aromatic heterocycles. The van der Waals surface area contributed by atoms with Crippen LogP contribution in [0.25, 0.3) is 0 Å². The predicted octanol–water partition coefficient (Wildman–Crippen LogP) is 7.43. The van der Waals surface area contributed by atoms with Crippen LogP contribution < -0.4 is 19.5 Å². The molecule has 1 saturated heterocycles. The maximum Gasteiger partial charge on any atom is 0.286 e. The van der Waals surface area contributed by atoms with Crippen molar-refractivity contribution in [2.45, 2.75) is 51.2 Å². The lowest BCUT2D eigenvalue weighted by Gasteiger charge is -2.14. The van der Waals surface area contributed by atoms with Gasteiger partial charge in [-0.05, 0) is 83.3 Å². The molecule has 1 fully saturated rings. The van der Waals surface area contributed by atoms with Crippen LogP contribution in [0.1, 0.15) is 61.5 Å². The van der Waals surface area contributed by atoms with E-state index in [9.17, 15) is 9.59 Å². The third kappa shape index (κ3) is 7.29. The van der Waals surface area contributed by atoms with Crippen molar-refractivity contribution in [3.8, 4) is 23.0 Å². The molecule has 0 spiro atoms. The second-order valence-corrected chi connectivity index (χ2v) is 10.3. The lowest BCUT2D eigenvalue weighted by molar-refractivity contribution is -0.119.